The summed E-state index contributed by atoms with van der Waals surface area (Å²) in [5.74, 6) is -4.23. The van der Waals surface area contributed by atoms with Gasteiger partial charge in [0.2, 0.25) is 9.84 Å². The molecule has 0 aromatic heterocycles. The molecule has 31 heavy (non-hydrogen) atoms. The molecular formula is C19H19ClF2N4O4S. The maximum Gasteiger partial charge on any atom is 0.341 e. The van der Waals surface area contributed by atoms with Gasteiger partial charge in [0, 0.05) is 25.2 Å². The number of halogens is 3. The molecule has 1 fully saturated rings. The molecule has 2 aromatic rings. The smallest absolute Gasteiger partial charge is 0.341 e. The molecule has 0 saturated carbocycles. The Morgan fingerprint density at radius 1 is 1.23 bits per heavy atom. The number of hydrogen-bond donors (Lipinski definition) is 3. The molecule has 166 valence electrons. The molecule has 0 bridgehead atoms. The largest absolute Gasteiger partial charge is 0.384 e. The molecular weight excluding hydrogens is 454 g/mol. The fourth-order valence-corrected chi connectivity index (χ4v) is 3.97. The number of benzene rings is 2. The summed E-state index contributed by atoms with van der Waals surface area (Å²) in [7, 11) is -4.84. The second-order valence-corrected chi connectivity index (χ2v) is 8.87. The molecule has 0 atom stereocenters. The summed E-state index contributed by atoms with van der Waals surface area (Å²) in [5, 5.41) is 8.38. The number of hydrogen-bond acceptors (Lipinski definition) is 5. The number of nitrogens with one attached hydrogen (secondary N) is 3. The van der Waals surface area contributed by atoms with Crippen molar-refractivity contribution in [3.63, 3.8) is 0 Å². The van der Waals surface area contributed by atoms with Gasteiger partial charge >= 0.3 is 11.8 Å². The van der Waals surface area contributed by atoms with Gasteiger partial charge in [-0.25, -0.2) is 13.2 Å². The van der Waals surface area contributed by atoms with Gasteiger partial charge in [-0.05, 0) is 43.3 Å². The second kappa shape index (κ2) is 9.06. The van der Waals surface area contributed by atoms with Gasteiger partial charge in [0.1, 0.15) is 0 Å². The predicted molar refractivity (Wildman–Crippen MR) is 114 cm³/mol. The Morgan fingerprint density at radius 2 is 1.97 bits per heavy atom. The fraction of sp³-hybridized carbons (Fsp3) is 0.263. The first-order valence-electron chi connectivity index (χ1n) is 9.21. The zero-order valence-electron chi connectivity index (χ0n) is 16.3. The molecule has 3 N–H and O–H groups in total. The van der Waals surface area contributed by atoms with Crippen LogP contribution in [-0.2, 0) is 9.84 Å². The van der Waals surface area contributed by atoms with Gasteiger partial charge in [0.25, 0.3) is 5.91 Å². The molecule has 1 heterocycles. The maximum atomic E-state index is 12.9. The van der Waals surface area contributed by atoms with Crippen LogP contribution in [-0.4, -0.2) is 45.7 Å². The van der Waals surface area contributed by atoms with Crippen molar-refractivity contribution in [2.45, 2.75) is 17.6 Å². The van der Waals surface area contributed by atoms with Crippen molar-refractivity contribution in [3.05, 3.63) is 47.0 Å². The number of anilines is 3. The van der Waals surface area contributed by atoms with Crippen molar-refractivity contribution in [2.75, 3.05) is 35.2 Å². The first kappa shape index (κ1) is 22.8. The van der Waals surface area contributed by atoms with E-state index in [2.05, 4.69) is 16.0 Å². The highest BCUT2D eigenvalue weighted by Gasteiger charge is 2.28. The van der Waals surface area contributed by atoms with E-state index in [0.717, 1.165) is 12.1 Å². The van der Waals surface area contributed by atoms with Crippen LogP contribution in [0, 0.1) is 0 Å². The first-order valence-corrected chi connectivity index (χ1v) is 11.1. The fourth-order valence-electron chi connectivity index (χ4n) is 3.01. The van der Waals surface area contributed by atoms with Crippen molar-refractivity contribution >= 4 is 50.4 Å². The van der Waals surface area contributed by atoms with Crippen LogP contribution in [0.4, 0.5) is 30.6 Å². The lowest BCUT2D eigenvalue weighted by Gasteiger charge is -2.18. The van der Waals surface area contributed by atoms with Gasteiger partial charge in [0.15, 0.2) is 0 Å². The Labute approximate surface area is 182 Å². The van der Waals surface area contributed by atoms with Crippen LogP contribution in [0.3, 0.4) is 0 Å². The molecule has 1 aliphatic heterocycles. The SMILES string of the molecule is CCNc1ccc(S(=O)(=O)C(F)F)cc1NC(=O)c1ccc(Cl)c(N2CCNC2=O)c1. The summed E-state index contributed by atoms with van der Waals surface area (Å²) >= 11 is 6.17. The van der Waals surface area contributed by atoms with E-state index in [1.807, 2.05) is 0 Å². The Bertz CT molecular complexity index is 1130. The topological polar surface area (TPSA) is 108 Å². The molecule has 0 radical (unpaired) electrons. The first-order chi connectivity index (χ1) is 14.6. The summed E-state index contributed by atoms with van der Waals surface area (Å²) in [6.07, 6.45) is 0. The highest BCUT2D eigenvalue weighted by molar-refractivity contribution is 7.91. The average molecular weight is 473 g/mol. The maximum absolute atomic E-state index is 12.9. The van der Waals surface area contributed by atoms with E-state index in [1.54, 1.807) is 6.92 Å². The summed E-state index contributed by atoms with van der Waals surface area (Å²) in [6, 6.07) is 7.29. The molecule has 2 aromatic carbocycles. The summed E-state index contributed by atoms with van der Waals surface area (Å²) in [6.45, 7) is 3.03. The summed E-state index contributed by atoms with van der Waals surface area (Å²) < 4.78 is 49.5. The summed E-state index contributed by atoms with van der Waals surface area (Å²) in [5.41, 5.74) is 0.857. The Hall–Kier alpha value is -2.92. The van der Waals surface area contributed by atoms with Crippen LogP contribution in [0.25, 0.3) is 0 Å². The number of carbonyl (C=O) groups is 2. The van der Waals surface area contributed by atoms with E-state index in [9.17, 15) is 26.8 Å². The normalized spacial score (nSPS) is 14.0. The average Bonchev–Trinajstić information content (AvgIpc) is 3.15. The number of nitrogens with zero attached hydrogens (tertiary/aromatic N) is 1. The van der Waals surface area contributed by atoms with Gasteiger partial charge in [0.05, 0.1) is 27.0 Å². The molecule has 0 aliphatic carbocycles. The third-order valence-corrected chi connectivity index (χ3v) is 6.23. The van der Waals surface area contributed by atoms with Gasteiger partial charge < -0.3 is 16.0 Å². The van der Waals surface area contributed by atoms with Crippen LogP contribution >= 0.6 is 11.6 Å². The van der Waals surface area contributed by atoms with Crippen LogP contribution in [0.2, 0.25) is 5.02 Å². The molecule has 8 nitrogen and oxygen atoms in total. The number of rotatable bonds is 7. The second-order valence-electron chi connectivity index (χ2n) is 6.55. The number of carbonyl (C=O) groups excluding carboxylic acids is 2. The lowest BCUT2D eigenvalue weighted by atomic mass is 10.1. The molecule has 1 saturated heterocycles. The molecule has 1 aliphatic rings. The van der Waals surface area contributed by atoms with Crippen molar-refractivity contribution in [3.8, 4) is 0 Å². The Morgan fingerprint density at radius 3 is 2.58 bits per heavy atom. The lowest BCUT2D eigenvalue weighted by Crippen LogP contribution is -2.28. The van der Waals surface area contributed by atoms with E-state index in [1.165, 1.54) is 29.2 Å². The van der Waals surface area contributed by atoms with E-state index < -0.39 is 26.4 Å². The van der Waals surface area contributed by atoms with E-state index in [0.29, 0.717) is 31.0 Å². The number of sulfone groups is 1. The van der Waals surface area contributed by atoms with E-state index in [4.69, 9.17) is 11.6 Å². The standard InChI is InChI=1S/C19H19ClF2N4O4S/c1-2-23-14-6-4-12(31(29,30)18(21)22)10-15(14)25-17(27)11-3-5-13(20)16(9-11)26-8-7-24-19(26)28/h3-6,9-10,18,23H,2,7-8H2,1H3,(H,24,28)(H,25,27). The summed E-state index contributed by atoms with van der Waals surface area (Å²) in [4.78, 5) is 25.5. The highest BCUT2D eigenvalue weighted by atomic mass is 35.5. The highest BCUT2D eigenvalue weighted by Crippen LogP contribution is 2.31. The van der Waals surface area contributed by atoms with Crippen molar-refractivity contribution in [1.29, 1.82) is 0 Å². The zero-order valence-corrected chi connectivity index (χ0v) is 17.9. The molecule has 3 amide bonds. The zero-order chi connectivity index (χ0) is 22.8. The molecule has 12 heteroatoms. The van der Waals surface area contributed by atoms with Gasteiger partial charge in [-0.3, -0.25) is 9.69 Å². The van der Waals surface area contributed by atoms with Crippen molar-refractivity contribution in [1.82, 2.24) is 5.32 Å². The van der Waals surface area contributed by atoms with Gasteiger partial charge in [-0.2, -0.15) is 8.78 Å². The Balaban J connectivity index is 1.94. The van der Waals surface area contributed by atoms with Crippen LogP contribution in [0.5, 0.6) is 0 Å². The van der Waals surface area contributed by atoms with Crippen molar-refractivity contribution in [2.24, 2.45) is 0 Å². The molecule has 0 spiro atoms. The van der Waals surface area contributed by atoms with Crippen LogP contribution in [0.1, 0.15) is 17.3 Å². The minimum Gasteiger partial charge on any atom is -0.384 e. The third kappa shape index (κ3) is 4.72. The number of urea groups is 1. The lowest BCUT2D eigenvalue weighted by molar-refractivity contribution is 0.102. The minimum atomic E-state index is -4.84. The quantitative estimate of drug-likeness (QED) is 0.571. The number of alkyl halides is 2. The molecule has 3 rings (SSSR count). The van der Waals surface area contributed by atoms with Crippen LogP contribution in [0.15, 0.2) is 41.3 Å². The Kier molecular flexibility index (Phi) is 6.65. The van der Waals surface area contributed by atoms with Crippen LogP contribution < -0.4 is 20.9 Å². The third-order valence-electron chi connectivity index (χ3n) is 4.53. The van der Waals surface area contributed by atoms with Gasteiger partial charge in [-0.1, -0.05) is 11.6 Å². The van der Waals surface area contributed by atoms with E-state index >= 15 is 0 Å². The van der Waals surface area contributed by atoms with E-state index in [-0.39, 0.29) is 22.3 Å². The minimum absolute atomic E-state index is 0.0176. The number of amides is 3. The monoisotopic (exact) mass is 472 g/mol. The predicted octanol–water partition coefficient (Wildman–Crippen LogP) is 3.55. The molecule has 0 unspecified atom stereocenters. The van der Waals surface area contributed by atoms with Crippen molar-refractivity contribution < 1.29 is 26.8 Å². The van der Waals surface area contributed by atoms with Gasteiger partial charge in [-0.15, -0.1) is 0 Å².